The van der Waals surface area contributed by atoms with Crippen LogP contribution in [-0.4, -0.2) is 25.0 Å². The van der Waals surface area contributed by atoms with E-state index in [0.717, 1.165) is 0 Å². The fraction of sp³-hybridized carbons (Fsp3) is 0.444. The van der Waals surface area contributed by atoms with E-state index in [1.807, 2.05) is 0 Å². The van der Waals surface area contributed by atoms with E-state index in [4.69, 9.17) is 11.6 Å². The average Bonchev–Trinajstić information content (AvgIpc) is 2.21. The smallest absolute Gasteiger partial charge is 0.232 e. The SMILES string of the molecule is O=S(=O)(CCCCCl)Nc1ccncc1Br. The largest absolute Gasteiger partial charge is 0.282 e. The third-order valence-corrected chi connectivity index (χ3v) is 4.09. The number of nitrogens with one attached hydrogen (secondary N) is 1. The van der Waals surface area contributed by atoms with Crippen molar-refractivity contribution in [3.8, 4) is 0 Å². The molecule has 0 aliphatic rings. The van der Waals surface area contributed by atoms with Crippen molar-refractivity contribution in [2.75, 3.05) is 16.4 Å². The maximum absolute atomic E-state index is 11.6. The number of alkyl halides is 1. The highest BCUT2D eigenvalue weighted by Gasteiger charge is 2.11. The van der Waals surface area contributed by atoms with Gasteiger partial charge in [-0.1, -0.05) is 0 Å². The van der Waals surface area contributed by atoms with Gasteiger partial charge in [-0.15, -0.1) is 11.6 Å². The highest BCUT2D eigenvalue weighted by atomic mass is 79.9. The van der Waals surface area contributed by atoms with Crippen LogP contribution in [0.4, 0.5) is 5.69 Å². The van der Waals surface area contributed by atoms with Crippen molar-refractivity contribution in [2.45, 2.75) is 12.8 Å². The fourth-order valence-electron chi connectivity index (χ4n) is 1.06. The first-order chi connectivity index (χ1) is 7.55. The summed E-state index contributed by atoms with van der Waals surface area (Å²) < 4.78 is 26.4. The van der Waals surface area contributed by atoms with Crippen molar-refractivity contribution >= 4 is 43.2 Å². The summed E-state index contributed by atoms with van der Waals surface area (Å²) in [7, 11) is -3.30. The number of pyridine rings is 1. The topological polar surface area (TPSA) is 59.1 Å². The van der Waals surface area contributed by atoms with E-state index in [0.29, 0.717) is 28.9 Å². The third kappa shape index (κ3) is 4.67. The Morgan fingerprint density at radius 1 is 1.44 bits per heavy atom. The molecule has 0 unspecified atom stereocenters. The Labute approximate surface area is 109 Å². The molecule has 0 spiro atoms. The zero-order valence-electron chi connectivity index (χ0n) is 8.49. The minimum Gasteiger partial charge on any atom is -0.282 e. The summed E-state index contributed by atoms with van der Waals surface area (Å²) in [6.07, 6.45) is 4.32. The summed E-state index contributed by atoms with van der Waals surface area (Å²) in [5, 5.41) is 0. The molecule has 0 aromatic carbocycles. The minimum atomic E-state index is -3.30. The molecular weight excluding hydrogens is 316 g/mol. The van der Waals surface area contributed by atoms with Gasteiger partial charge in [0.05, 0.1) is 15.9 Å². The molecule has 1 aromatic rings. The fourth-order valence-corrected chi connectivity index (χ4v) is 2.93. The number of nitrogens with zero attached hydrogens (tertiary/aromatic N) is 1. The molecule has 7 heteroatoms. The lowest BCUT2D eigenvalue weighted by Crippen LogP contribution is -2.17. The van der Waals surface area contributed by atoms with Crippen LogP contribution in [0.1, 0.15) is 12.8 Å². The van der Waals surface area contributed by atoms with E-state index in [9.17, 15) is 8.42 Å². The van der Waals surface area contributed by atoms with Gasteiger partial charge >= 0.3 is 0 Å². The zero-order chi connectivity index (χ0) is 12.0. The molecule has 0 bridgehead atoms. The van der Waals surface area contributed by atoms with Gasteiger partial charge in [0.2, 0.25) is 10.0 Å². The third-order valence-electron chi connectivity index (χ3n) is 1.83. The first kappa shape index (κ1) is 13.7. The van der Waals surface area contributed by atoms with Crippen molar-refractivity contribution in [1.29, 1.82) is 0 Å². The van der Waals surface area contributed by atoms with Crippen LogP contribution < -0.4 is 4.72 Å². The van der Waals surface area contributed by atoms with Crippen LogP contribution in [0.3, 0.4) is 0 Å². The number of hydrogen-bond donors (Lipinski definition) is 1. The van der Waals surface area contributed by atoms with Crippen LogP contribution in [-0.2, 0) is 10.0 Å². The lowest BCUT2D eigenvalue weighted by Gasteiger charge is -2.08. The molecule has 0 saturated heterocycles. The second-order valence-corrected chi connectivity index (χ2v) is 6.25. The number of unbranched alkanes of at least 4 members (excludes halogenated alkanes) is 1. The van der Waals surface area contributed by atoms with Crippen LogP contribution in [0.25, 0.3) is 0 Å². The predicted octanol–water partition coefficient (Wildman–Crippen LogP) is 2.60. The van der Waals surface area contributed by atoms with Crippen molar-refractivity contribution in [3.05, 3.63) is 22.9 Å². The Bertz CT molecular complexity index is 439. The number of aromatic nitrogens is 1. The lowest BCUT2D eigenvalue weighted by molar-refractivity contribution is 0.598. The highest BCUT2D eigenvalue weighted by Crippen LogP contribution is 2.21. The average molecular weight is 328 g/mol. The molecule has 90 valence electrons. The van der Waals surface area contributed by atoms with Gasteiger partial charge in [0.25, 0.3) is 0 Å². The normalized spacial score (nSPS) is 11.4. The minimum absolute atomic E-state index is 0.0779. The van der Waals surface area contributed by atoms with Gasteiger partial charge in [-0.3, -0.25) is 9.71 Å². The quantitative estimate of drug-likeness (QED) is 0.645. The summed E-state index contributed by atoms with van der Waals surface area (Å²) in [5.41, 5.74) is 0.501. The van der Waals surface area contributed by atoms with Crippen molar-refractivity contribution in [3.63, 3.8) is 0 Å². The van der Waals surface area contributed by atoms with Gasteiger partial charge in [-0.05, 0) is 34.8 Å². The molecule has 1 heterocycles. The second-order valence-electron chi connectivity index (χ2n) is 3.17. The monoisotopic (exact) mass is 326 g/mol. The van der Waals surface area contributed by atoms with Crippen molar-refractivity contribution in [2.24, 2.45) is 0 Å². The molecular formula is C9H12BrClN2O2S. The van der Waals surface area contributed by atoms with Gasteiger partial charge in [-0.2, -0.15) is 0 Å². The van der Waals surface area contributed by atoms with Gasteiger partial charge < -0.3 is 0 Å². The standard InChI is InChI=1S/C9H12BrClN2O2S/c10-8-7-12-5-3-9(8)13-16(14,15)6-2-1-4-11/h3,5,7H,1-2,4,6H2,(H,12,13). The number of rotatable bonds is 6. The van der Waals surface area contributed by atoms with E-state index >= 15 is 0 Å². The van der Waals surface area contributed by atoms with E-state index in [2.05, 4.69) is 25.6 Å². The molecule has 0 saturated carbocycles. The molecule has 1 N–H and O–H groups in total. The molecule has 0 amide bonds. The van der Waals surface area contributed by atoms with Gasteiger partial charge in [-0.25, -0.2) is 8.42 Å². The van der Waals surface area contributed by atoms with Crippen molar-refractivity contribution in [1.82, 2.24) is 4.98 Å². The van der Waals surface area contributed by atoms with Gasteiger partial charge in [0, 0.05) is 18.3 Å². The molecule has 4 nitrogen and oxygen atoms in total. The zero-order valence-corrected chi connectivity index (χ0v) is 11.6. The maximum Gasteiger partial charge on any atom is 0.232 e. The maximum atomic E-state index is 11.6. The van der Waals surface area contributed by atoms with Crippen LogP contribution in [0.2, 0.25) is 0 Å². The highest BCUT2D eigenvalue weighted by molar-refractivity contribution is 9.10. The Hall–Kier alpha value is -0.330. The van der Waals surface area contributed by atoms with E-state index < -0.39 is 10.0 Å². The molecule has 16 heavy (non-hydrogen) atoms. The molecule has 1 aromatic heterocycles. The van der Waals surface area contributed by atoms with E-state index in [1.54, 1.807) is 6.07 Å². The molecule has 1 rings (SSSR count). The Kier molecular flexibility index (Phi) is 5.51. The Balaban J connectivity index is 2.63. The van der Waals surface area contributed by atoms with Crippen LogP contribution >= 0.6 is 27.5 Å². The number of halogens is 2. The predicted molar refractivity (Wildman–Crippen MR) is 69.3 cm³/mol. The first-order valence-corrected chi connectivity index (χ1v) is 7.69. The summed E-state index contributed by atoms with van der Waals surface area (Å²) in [5.74, 6) is 0.558. The molecule has 0 radical (unpaired) electrons. The molecule has 0 aliphatic heterocycles. The first-order valence-electron chi connectivity index (χ1n) is 4.71. The second kappa shape index (κ2) is 6.42. The summed E-state index contributed by atoms with van der Waals surface area (Å²) in [4.78, 5) is 3.85. The summed E-state index contributed by atoms with van der Waals surface area (Å²) >= 11 is 8.71. The Morgan fingerprint density at radius 3 is 2.81 bits per heavy atom. The molecule has 0 aliphatic carbocycles. The number of hydrogen-bond acceptors (Lipinski definition) is 3. The van der Waals surface area contributed by atoms with Crippen molar-refractivity contribution < 1.29 is 8.42 Å². The lowest BCUT2D eigenvalue weighted by atomic mass is 10.4. The van der Waals surface area contributed by atoms with Crippen LogP contribution in [0, 0.1) is 0 Å². The van der Waals surface area contributed by atoms with Gasteiger partial charge in [0.1, 0.15) is 0 Å². The van der Waals surface area contributed by atoms with Crippen LogP contribution in [0.15, 0.2) is 22.9 Å². The summed E-state index contributed by atoms with van der Waals surface area (Å²) in [6.45, 7) is 0. The van der Waals surface area contributed by atoms with Crippen LogP contribution in [0.5, 0.6) is 0 Å². The summed E-state index contributed by atoms with van der Waals surface area (Å²) in [6, 6.07) is 1.60. The van der Waals surface area contributed by atoms with Gasteiger partial charge in [0.15, 0.2) is 0 Å². The van der Waals surface area contributed by atoms with E-state index in [-0.39, 0.29) is 5.75 Å². The molecule has 0 fully saturated rings. The molecule has 0 atom stereocenters. The Morgan fingerprint density at radius 2 is 2.19 bits per heavy atom. The van der Waals surface area contributed by atoms with E-state index in [1.165, 1.54) is 12.4 Å². The number of anilines is 1. The number of sulfonamides is 1.